The Bertz CT molecular complexity index is 381. The highest BCUT2D eigenvalue weighted by Gasteiger charge is 2.32. The normalized spacial score (nSPS) is 19.8. The molecule has 1 aromatic rings. The Morgan fingerprint density at radius 2 is 1.89 bits per heavy atom. The van der Waals surface area contributed by atoms with Crippen molar-refractivity contribution in [1.82, 2.24) is 0 Å². The maximum Gasteiger partial charge on any atom is 0.123 e. The molecule has 1 saturated heterocycles. The van der Waals surface area contributed by atoms with Crippen molar-refractivity contribution in [3.8, 4) is 0 Å². The van der Waals surface area contributed by atoms with Crippen molar-refractivity contribution in [1.29, 1.82) is 0 Å². The number of aliphatic hydroxyl groups excluding tert-OH is 2. The molecule has 0 radical (unpaired) electrons. The van der Waals surface area contributed by atoms with Gasteiger partial charge < -0.3 is 14.9 Å². The van der Waals surface area contributed by atoms with Gasteiger partial charge >= 0.3 is 0 Å². The third kappa shape index (κ3) is 3.32. The van der Waals surface area contributed by atoms with Gasteiger partial charge in [0.15, 0.2) is 0 Å². The van der Waals surface area contributed by atoms with E-state index >= 15 is 0 Å². The van der Waals surface area contributed by atoms with Crippen LogP contribution in [0.25, 0.3) is 0 Å². The molecular formula is C15H21FO3. The first kappa shape index (κ1) is 14.4. The molecular weight excluding hydrogens is 247 g/mol. The van der Waals surface area contributed by atoms with Crippen molar-refractivity contribution in [2.75, 3.05) is 19.8 Å². The van der Waals surface area contributed by atoms with E-state index in [1.54, 1.807) is 12.1 Å². The molecule has 1 heterocycles. The van der Waals surface area contributed by atoms with Crippen molar-refractivity contribution in [2.24, 2.45) is 0 Å². The number of hydrogen-bond acceptors (Lipinski definition) is 3. The topological polar surface area (TPSA) is 49.7 Å². The van der Waals surface area contributed by atoms with Gasteiger partial charge in [-0.15, -0.1) is 0 Å². The highest BCUT2D eigenvalue weighted by Crippen LogP contribution is 2.31. The zero-order valence-corrected chi connectivity index (χ0v) is 11.0. The molecule has 19 heavy (non-hydrogen) atoms. The minimum absolute atomic E-state index is 0.151. The molecule has 1 fully saturated rings. The lowest BCUT2D eigenvalue weighted by Gasteiger charge is -2.31. The number of rotatable bonds is 6. The third-order valence-electron chi connectivity index (χ3n) is 4.03. The summed E-state index contributed by atoms with van der Waals surface area (Å²) in [5.74, 6) is -0.312. The van der Waals surface area contributed by atoms with Crippen LogP contribution in [0, 0.1) is 5.82 Å². The standard InChI is InChI=1S/C15H21FO3/c16-13-5-3-12(4-6-13)15(10-17,11-18)8-7-14-2-1-9-19-14/h3-6,14,17-18H,1-2,7-11H2. The molecule has 0 aromatic heterocycles. The van der Waals surface area contributed by atoms with E-state index < -0.39 is 5.41 Å². The van der Waals surface area contributed by atoms with Crippen LogP contribution in [0.1, 0.15) is 31.2 Å². The Labute approximate surface area is 113 Å². The first-order valence-corrected chi connectivity index (χ1v) is 6.79. The second-order valence-corrected chi connectivity index (χ2v) is 5.28. The number of ether oxygens (including phenoxy) is 1. The van der Waals surface area contributed by atoms with E-state index in [9.17, 15) is 14.6 Å². The average Bonchev–Trinajstić information content (AvgIpc) is 2.95. The molecule has 106 valence electrons. The average molecular weight is 268 g/mol. The zero-order chi connectivity index (χ0) is 13.7. The van der Waals surface area contributed by atoms with Gasteiger partial charge in [-0.05, 0) is 43.4 Å². The molecule has 2 N–H and O–H groups in total. The summed E-state index contributed by atoms with van der Waals surface area (Å²) < 4.78 is 18.5. The quantitative estimate of drug-likeness (QED) is 0.829. The summed E-state index contributed by atoms with van der Waals surface area (Å²) >= 11 is 0. The van der Waals surface area contributed by atoms with Crippen molar-refractivity contribution >= 4 is 0 Å². The first-order valence-electron chi connectivity index (χ1n) is 6.79. The molecule has 1 unspecified atom stereocenters. The van der Waals surface area contributed by atoms with Crippen LogP contribution in [0.2, 0.25) is 0 Å². The van der Waals surface area contributed by atoms with E-state index in [1.165, 1.54) is 12.1 Å². The van der Waals surface area contributed by atoms with Gasteiger partial charge in [-0.3, -0.25) is 0 Å². The molecule has 0 bridgehead atoms. The molecule has 1 aliphatic rings. The molecule has 0 spiro atoms. The molecule has 4 heteroatoms. The van der Waals surface area contributed by atoms with Gasteiger partial charge in [-0.25, -0.2) is 4.39 Å². The van der Waals surface area contributed by atoms with Crippen molar-refractivity contribution < 1.29 is 19.3 Å². The molecule has 3 nitrogen and oxygen atoms in total. The van der Waals surface area contributed by atoms with Gasteiger partial charge in [0.25, 0.3) is 0 Å². The lowest BCUT2D eigenvalue weighted by molar-refractivity contribution is 0.0684. The van der Waals surface area contributed by atoms with E-state index in [4.69, 9.17) is 4.74 Å². The van der Waals surface area contributed by atoms with E-state index in [0.29, 0.717) is 6.42 Å². The molecule has 2 rings (SSSR count). The second-order valence-electron chi connectivity index (χ2n) is 5.28. The number of benzene rings is 1. The van der Waals surface area contributed by atoms with Crippen molar-refractivity contribution in [2.45, 2.75) is 37.2 Å². The molecule has 0 saturated carbocycles. The fourth-order valence-corrected chi connectivity index (χ4v) is 2.65. The van der Waals surface area contributed by atoms with Crippen LogP contribution in [-0.4, -0.2) is 36.1 Å². The van der Waals surface area contributed by atoms with Gasteiger partial charge in [0.2, 0.25) is 0 Å². The summed E-state index contributed by atoms with van der Waals surface area (Å²) in [6, 6.07) is 6.00. The van der Waals surface area contributed by atoms with Gasteiger partial charge in [-0.1, -0.05) is 12.1 Å². The first-order chi connectivity index (χ1) is 9.20. The van der Waals surface area contributed by atoms with Crippen molar-refractivity contribution in [3.63, 3.8) is 0 Å². The lowest BCUT2D eigenvalue weighted by atomic mass is 9.77. The summed E-state index contributed by atoms with van der Waals surface area (Å²) in [5.41, 5.74) is 0.0662. The Morgan fingerprint density at radius 1 is 1.21 bits per heavy atom. The largest absolute Gasteiger partial charge is 0.395 e. The lowest BCUT2D eigenvalue weighted by Crippen LogP contribution is -2.35. The highest BCUT2D eigenvalue weighted by molar-refractivity contribution is 5.26. The highest BCUT2D eigenvalue weighted by atomic mass is 19.1. The van der Waals surface area contributed by atoms with Crippen LogP contribution in [0.15, 0.2) is 24.3 Å². The van der Waals surface area contributed by atoms with Gasteiger partial charge in [0.05, 0.1) is 19.3 Å². The Hall–Kier alpha value is -0.970. The molecule has 1 atom stereocenters. The van der Waals surface area contributed by atoms with E-state index in [-0.39, 0.29) is 25.1 Å². The number of halogens is 1. The van der Waals surface area contributed by atoms with Crippen molar-refractivity contribution in [3.05, 3.63) is 35.6 Å². The van der Waals surface area contributed by atoms with E-state index in [2.05, 4.69) is 0 Å². The zero-order valence-electron chi connectivity index (χ0n) is 11.0. The summed E-state index contributed by atoms with van der Waals surface area (Å²) in [6.07, 6.45) is 3.77. The van der Waals surface area contributed by atoms with Crippen LogP contribution in [0.3, 0.4) is 0 Å². The Morgan fingerprint density at radius 3 is 2.42 bits per heavy atom. The number of aliphatic hydroxyl groups is 2. The van der Waals surface area contributed by atoms with Gasteiger partial charge in [0, 0.05) is 12.0 Å². The molecule has 0 aliphatic carbocycles. The predicted molar refractivity (Wildman–Crippen MR) is 70.5 cm³/mol. The van der Waals surface area contributed by atoms with E-state index in [0.717, 1.165) is 31.4 Å². The van der Waals surface area contributed by atoms with Gasteiger partial charge in [-0.2, -0.15) is 0 Å². The summed E-state index contributed by atoms with van der Waals surface area (Å²) in [6.45, 7) is 0.496. The predicted octanol–water partition coefficient (Wildman–Crippen LogP) is 2.01. The summed E-state index contributed by atoms with van der Waals surface area (Å²) in [5, 5.41) is 19.4. The molecule has 1 aromatic carbocycles. The molecule has 0 amide bonds. The minimum atomic E-state index is -0.709. The van der Waals surface area contributed by atoms with Gasteiger partial charge in [0.1, 0.15) is 5.82 Å². The monoisotopic (exact) mass is 268 g/mol. The Kier molecular flexibility index (Phi) is 4.91. The summed E-state index contributed by atoms with van der Waals surface area (Å²) in [4.78, 5) is 0. The van der Waals surface area contributed by atoms with Crippen LogP contribution in [0.4, 0.5) is 4.39 Å². The molecule has 1 aliphatic heterocycles. The third-order valence-corrected chi connectivity index (χ3v) is 4.03. The maximum absolute atomic E-state index is 13.0. The fraction of sp³-hybridized carbons (Fsp3) is 0.600. The summed E-state index contributed by atoms with van der Waals surface area (Å²) in [7, 11) is 0. The SMILES string of the molecule is OCC(CO)(CCC1CCCO1)c1ccc(F)cc1. The van der Waals surface area contributed by atoms with Crippen LogP contribution < -0.4 is 0 Å². The smallest absolute Gasteiger partial charge is 0.123 e. The second kappa shape index (κ2) is 6.46. The maximum atomic E-state index is 13.0. The minimum Gasteiger partial charge on any atom is -0.395 e. The van der Waals surface area contributed by atoms with Crippen LogP contribution >= 0.6 is 0 Å². The number of hydrogen-bond donors (Lipinski definition) is 2. The van der Waals surface area contributed by atoms with Crippen LogP contribution in [0.5, 0.6) is 0 Å². The van der Waals surface area contributed by atoms with E-state index in [1.807, 2.05) is 0 Å². The fourth-order valence-electron chi connectivity index (χ4n) is 2.65. The van der Waals surface area contributed by atoms with Crippen LogP contribution in [-0.2, 0) is 10.2 Å². The Balaban J connectivity index is 2.09.